The molecule has 1 N–H and O–H groups in total. The molecule has 0 aliphatic heterocycles. The van der Waals surface area contributed by atoms with Crippen molar-refractivity contribution in [2.75, 3.05) is 25.6 Å². The highest BCUT2D eigenvalue weighted by Crippen LogP contribution is 2.12. The largest absolute Gasteiger partial charge is 0.711 e. The Morgan fingerprint density at radius 3 is 3.00 bits per heavy atom. The highest BCUT2D eigenvalue weighted by molar-refractivity contribution is 5.40. The van der Waals surface area contributed by atoms with E-state index in [0.717, 1.165) is 12.3 Å². The third-order valence-corrected chi connectivity index (χ3v) is 1.73. The fraction of sp³-hybridized carbons (Fsp3) is 0.375. The van der Waals surface area contributed by atoms with Gasteiger partial charge in [0.15, 0.2) is 0 Å². The Morgan fingerprint density at radius 1 is 1.67 bits per heavy atom. The van der Waals surface area contributed by atoms with Gasteiger partial charge in [-0.3, -0.25) is 15.4 Å². The number of methoxy groups -OCH3 is 1. The minimum atomic E-state index is -0.554. The van der Waals surface area contributed by atoms with Gasteiger partial charge in [-0.25, -0.2) is 4.73 Å². The molecule has 7 heteroatoms. The zero-order valence-corrected chi connectivity index (χ0v) is 8.17. The molecule has 1 rings (SSSR count). The molecule has 0 aliphatic carbocycles. The van der Waals surface area contributed by atoms with Crippen molar-refractivity contribution in [3.05, 3.63) is 33.7 Å². The van der Waals surface area contributed by atoms with E-state index in [-0.39, 0.29) is 11.5 Å². The molecule has 82 valence electrons. The van der Waals surface area contributed by atoms with Crippen LogP contribution in [0, 0.1) is 15.3 Å². The van der Waals surface area contributed by atoms with Gasteiger partial charge in [0.25, 0.3) is 11.5 Å². The molecule has 15 heavy (non-hydrogen) atoms. The number of hydrogen-bond donors (Lipinski definition) is 1. The van der Waals surface area contributed by atoms with Crippen LogP contribution in [-0.4, -0.2) is 25.2 Å². The van der Waals surface area contributed by atoms with Crippen LogP contribution in [0.25, 0.3) is 0 Å². The van der Waals surface area contributed by atoms with E-state index in [0.29, 0.717) is 17.9 Å². The summed E-state index contributed by atoms with van der Waals surface area (Å²) in [6, 6.07) is 2.33. The summed E-state index contributed by atoms with van der Waals surface area (Å²) in [5, 5.41) is 24.3. The van der Waals surface area contributed by atoms with Crippen LogP contribution in [0.3, 0.4) is 0 Å². The van der Waals surface area contributed by atoms with E-state index in [1.54, 1.807) is 0 Å². The topological polar surface area (TPSA) is 91.3 Å². The summed E-state index contributed by atoms with van der Waals surface area (Å²) in [5.41, 5.74) is -0.123. The van der Waals surface area contributed by atoms with Gasteiger partial charge in [-0.05, 0) is 0 Å². The zero-order valence-electron chi connectivity index (χ0n) is 8.17. The van der Waals surface area contributed by atoms with Crippen molar-refractivity contribution in [1.29, 1.82) is 0 Å². The van der Waals surface area contributed by atoms with Gasteiger partial charge in [-0.15, -0.1) is 0 Å². The predicted octanol–water partition coefficient (Wildman–Crippen LogP) is 0.287. The molecule has 0 radical (unpaired) electrons. The lowest BCUT2D eigenvalue weighted by atomic mass is 10.4. The molecule has 0 saturated carbocycles. The first-order chi connectivity index (χ1) is 7.15. The predicted molar refractivity (Wildman–Crippen MR) is 52.4 cm³/mol. The van der Waals surface area contributed by atoms with Gasteiger partial charge < -0.3 is 9.94 Å². The molecule has 1 heterocycles. The van der Waals surface area contributed by atoms with Crippen LogP contribution in [0.2, 0.25) is 0 Å². The third kappa shape index (κ3) is 3.06. The van der Waals surface area contributed by atoms with Crippen LogP contribution in [0.15, 0.2) is 18.3 Å². The van der Waals surface area contributed by atoms with E-state index in [9.17, 15) is 15.3 Å². The molecule has 0 saturated heterocycles. The standard InChI is InChI=1S/C8H11N3O4/c1-15-5-3-9-8-6-7(11(13)14)2-4-10(8)12/h2,4,6,9H,3,5H2,1H3. The molecule has 7 nitrogen and oxygen atoms in total. The van der Waals surface area contributed by atoms with Gasteiger partial charge in [0.05, 0.1) is 17.6 Å². The lowest BCUT2D eigenvalue weighted by molar-refractivity contribution is -0.591. The van der Waals surface area contributed by atoms with Gasteiger partial charge in [-0.1, -0.05) is 0 Å². The molecule has 0 fully saturated rings. The number of nitrogens with zero attached hydrogens (tertiary/aromatic N) is 2. The van der Waals surface area contributed by atoms with Crippen molar-refractivity contribution >= 4 is 11.5 Å². The van der Waals surface area contributed by atoms with E-state index < -0.39 is 4.92 Å². The zero-order chi connectivity index (χ0) is 11.3. The van der Waals surface area contributed by atoms with Crippen molar-refractivity contribution in [3.8, 4) is 0 Å². The van der Waals surface area contributed by atoms with Crippen LogP contribution in [0.4, 0.5) is 11.5 Å². The average molecular weight is 213 g/mol. The van der Waals surface area contributed by atoms with Crippen molar-refractivity contribution < 1.29 is 14.4 Å². The van der Waals surface area contributed by atoms with Crippen LogP contribution >= 0.6 is 0 Å². The number of aromatic nitrogens is 1. The van der Waals surface area contributed by atoms with Crippen molar-refractivity contribution in [2.24, 2.45) is 0 Å². The highest BCUT2D eigenvalue weighted by atomic mass is 16.6. The molecule has 0 bridgehead atoms. The van der Waals surface area contributed by atoms with Crippen LogP contribution in [-0.2, 0) is 4.74 Å². The Bertz CT molecular complexity index is 356. The molecule has 0 amide bonds. The van der Waals surface area contributed by atoms with Gasteiger partial charge in [-0.2, -0.15) is 0 Å². The van der Waals surface area contributed by atoms with Gasteiger partial charge in [0, 0.05) is 7.11 Å². The summed E-state index contributed by atoms with van der Waals surface area (Å²) >= 11 is 0. The molecule has 0 aromatic carbocycles. The summed E-state index contributed by atoms with van der Waals surface area (Å²) in [4.78, 5) is 9.88. The summed E-state index contributed by atoms with van der Waals surface area (Å²) in [6.07, 6.45) is 1.09. The number of ether oxygens (including phenoxy) is 1. The number of pyridine rings is 1. The average Bonchev–Trinajstić information content (AvgIpc) is 2.20. The molecule has 0 spiro atoms. The minimum absolute atomic E-state index is 0.123. The van der Waals surface area contributed by atoms with Crippen molar-refractivity contribution in [1.82, 2.24) is 0 Å². The SMILES string of the molecule is COCCNc1cc([N+](=O)[O-])cc[n+]1[O-]. The molecule has 1 aromatic heterocycles. The Morgan fingerprint density at radius 2 is 2.40 bits per heavy atom. The number of nitrogens with one attached hydrogen (secondary N) is 1. The van der Waals surface area contributed by atoms with Gasteiger partial charge in [0.1, 0.15) is 18.8 Å². The van der Waals surface area contributed by atoms with E-state index in [4.69, 9.17) is 4.74 Å². The quantitative estimate of drug-likeness (QED) is 0.249. The van der Waals surface area contributed by atoms with Crippen LogP contribution in [0.5, 0.6) is 0 Å². The van der Waals surface area contributed by atoms with Crippen LogP contribution in [0.1, 0.15) is 0 Å². The maximum Gasteiger partial charge on any atom is 0.284 e. The molecule has 0 atom stereocenters. The Hall–Kier alpha value is -1.89. The number of nitro groups is 1. The maximum atomic E-state index is 11.2. The Balaban J connectivity index is 2.76. The molecule has 0 aliphatic rings. The lowest BCUT2D eigenvalue weighted by Gasteiger charge is -2.07. The Kier molecular flexibility index (Phi) is 3.81. The first-order valence-electron chi connectivity index (χ1n) is 4.25. The van der Waals surface area contributed by atoms with Gasteiger partial charge in [0.2, 0.25) is 0 Å². The summed E-state index contributed by atoms with van der Waals surface area (Å²) in [5.74, 6) is 0.140. The smallest absolute Gasteiger partial charge is 0.284 e. The highest BCUT2D eigenvalue weighted by Gasteiger charge is 2.11. The number of hydrogen-bond acceptors (Lipinski definition) is 5. The monoisotopic (exact) mass is 213 g/mol. The van der Waals surface area contributed by atoms with Crippen LogP contribution < -0.4 is 10.0 Å². The third-order valence-electron chi connectivity index (χ3n) is 1.73. The summed E-state index contributed by atoms with van der Waals surface area (Å²) < 4.78 is 5.30. The number of anilines is 1. The molecular formula is C8H11N3O4. The molecular weight excluding hydrogens is 202 g/mol. The maximum absolute atomic E-state index is 11.2. The van der Waals surface area contributed by atoms with E-state index in [1.807, 2.05) is 0 Å². The summed E-state index contributed by atoms with van der Waals surface area (Å²) in [7, 11) is 1.53. The molecule has 0 unspecified atom stereocenters. The Labute approximate surface area is 86.0 Å². The first-order valence-corrected chi connectivity index (χ1v) is 4.25. The minimum Gasteiger partial charge on any atom is -0.711 e. The second kappa shape index (κ2) is 5.11. The fourth-order valence-corrected chi connectivity index (χ4v) is 1.000. The van der Waals surface area contributed by atoms with Crippen molar-refractivity contribution in [3.63, 3.8) is 0 Å². The van der Waals surface area contributed by atoms with Gasteiger partial charge >= 0.3 is 0 Å². The fourth-order valence-electron chi connectivity index (χ4n) is 1.000. The first kappa shape index (κ1) is 11.2. The van der Waals surface area contributed by atoms with E-state index in [2.05, 4.69) is 5.32 Å². The van der Waals surface area contributed by atoms with E-state index in [1.165, 1.54) is 13.2 Å². The molecule has 1 aromatic rings. The normalized spacial score (nSPS) is 9.93. The lowest BCUT2D eigenvalue weighted by Crippen LogP contribution is -2.31. The van der Waals surface area contributed by atoms with E-state index >= 15 is 0 Å². The second-order valence-electron chi connectivity index (χ2n) is 2.77. The summed E-state index contributed by atoms with van der Waals surface area (Å²) in [6.45, 7) is 0.836. The second-order valence-corrected chi connectivity index (χ2v) is 2.77. The number of rotatable bonds is 5. The van der Waals surface area contributed by atoms with Crippen molar-refractivity contribution in [2.45, 2.75) is 0 Å².